The van der Waals surface area contributed by atoms with Gasteiger partial charge in [0.05, 0.1) is 0 Å². The van der Waals surface area contributed by atoms with Crippen molar-refractivity contribution >= 4 is 0 Å². The van der Waals surface area contributed by atoms with Gasteiger partial charge in [0.15, 0.2) is 0 Å². The van der Waals surface area contributed by atoms with E-state index >= 15 is 0 Å². The smallest absolute Gasteiger partial charge is 0.0159 e. The average molecular weight is 389 g/mol. The van der Waals surface area contributed by atoms with Gasteiger partial charge in [-0.15, -0.1) is 6.58 Å². The highest BCUT2D eigenvalue weighted by molar-refractivity contribution is 5.20. The minimum absolute atomic E-state index is 0.621. The van der Waals surface area contributed by atoms with Gasteiger partial charge in [-0.3, -0.25) is 0 Å². The van der Waals surface area contributed by atoms with Gasteiger partial charge in [0.1, 0.15) is 0 Å². The van der Waals surface area contributed by atoms with Crippen molar-refractivity contribution in [2.75, 3.05) is 0 Å². The normalized spacial score (nSPS) is 14.6. The van der Waals surface area contributed by atoms with Gasteiger partial charge >= 0.3 is 0 Å². The number of hydrogen-bond donors (Lipinski definition) is 0. The quantitative estimate of drug-likeness (QED) is 0.223. The maximum Gasteiger partial charge on any atom is -0.0159 e. The van der Waals surface area contributed by atoms with Crippen LogP contribution in [0.15, 0.2) is 85.5 Å². The lowest BCUT2D eigenvalue weighted by Gasteiger charge is -2.20. The SMILES string of the molecule is C=CC(CCC/C=C/CCC(CC)c1ccccc1)CC(CC)c1ccccc1. The summed E-state index contributed by atoms with van der Waals surface area (Å²) < 4.78 is 0. The molecule has 0 heterocycles. The number of hydrogen-bond acceptors (Lipinski definition) is 0. The summed E-state index contributed by atoms with van der Waals surface area (Å²) in [6, 6.07) is 21.9. The highest BCUT2D eigenvalue weighted by Crippen LogP contribution is 2.30. The van der Waals surface area contributed by atoms with Crippen molar-refractivity contribution in [2.24, 2.45) is 5.92 Å². The molecule has 0 N–H and O–H groups in total. The molecule has 0 aliphatic heterocycles. The molecule has 3 unspecified atom stereocenters. The molecule has 3 atom stereocenters. The van der Waals surface area contributed by atoms with E-state index in [2.05, 4.69) is 99.3 Å². The van der Waals surface area contributed by atoms with Gasteiger partial charge in [-0.25, -0.2) is 0 Å². The van der Waals surface area contributed by atoms with Crippen molar-refractivity contribution in [3.8, 4) is 0 Å². The van der Waals surface area contributed by atoms with Crippen LogP contribution in [0, 0.1) is 5.92 Å². The Labute approximate surface area is 179 Å². The number of allylic oxidation sites excluding steroid dienone is 3. The van der Waals surface area contributed by atoms with Gasteiger partial charge in [0.25, 0.3) is 0 Å². The molecule has 0 fully saturated rings. The summed E-state index contributed by atoms with van der Waals surface area (Å²) in [5.41, 5.74) is 2.96. The molecule has 0 heteroatoms. The second-order valence-electron chi connectivity index (χ2n) is 8.24. The Morgan fingerprint density at radius 3 is 1.83 bits per heavy atom. The minimum Gasteiger partial charge on any atom is -0.103 e. The van der Waals surface area contributed by atoms with Gasteiger partial charge in [-0.1, -0.05) is 92.7 Å². The molecule has 0 saturated carbocycles. The van der Waals surface area contributed by atoms with Crippen LogP contribution in [-0.4, -0.2) is 0 Å². The third kappa shape index (κ3) is 8.44. The Balaban J connectivity index is 1.68. The maximum atomic E-state index is 4.11. The van der Waals surface area contributed by atoms with Crippen molar-refractivity contribution in [1.82, 2.24) is 0 Å². The van der Waals surface area contributed by atoms with E-state index in [0.717, 1.165) is 0 Å². The largest absolute Gasteiger partial charge is 0.103 e. The van der Waals surface area contributed by atoms with Crippen molar-refractivity contribution in [3.05, 3.63) is 96.6 Å². The Hall–Kier alpha value is -2.08. The summed E-state index contributed by atoms with van der Waals surface area (Å²) in [7, 11) is 0. The fraction of sp³-hybridized carbons (Fsp3) is 0.448. The first-order valence-corrected chi connectivity index (χ1v) is 11.7. The second-order valence-corrected chi connectivity index (χ2v) is 8.24. The fourth-order valence-electron chi connectivity index (χ4n) is 4.32. The van der Waals surface area contributed by atoms with Crippen LogP contribution >= 0.6 is 0 Å². The fourth-order valence-corrected chi connectivity index (χ4v) is 4.32. The summed E-state index contributed by atoms with van der Waals surface area (Å²) in [4.78, 5) is 0. The van der Waals surface area contributed by atoms with Crippen LogP contribution in [-0.2, 0) is 0 Å². The Bertz CT molecular complexity index is 682. The first-order valence-electron chi connectivity index (χ1n) is 11.7. The van der Waals surface area contributed by atoms with E-state index < -0.39 is 0 Å². The zero-order chi connectivity index (χ0) is 20.7. The molecule has 0 aliphatic rings. The molecule has 0 saturated heterocycles. The lowest BCUT2D eigenvalue weighted by atomic mass is 9.85. The third-order valence-electron chi connectivity index (χ3n) is 6.24. The molecule has 0 bridgehead atoms. The molecule has 0 radical (unpaired) electrons. The predicted molar refractivity (Wildman–Crippen MR) is 129 cm³/mol. The molecular weight excluding hydrogens is 348 g/mol. The Morgan fingerprint density at radius 1 is 0.724 bits per heavy atom. The molecule has 0 aromatic heterocycles. The lowest BCUT2D eigenvalue weighted by Crippen LogP contribution is -2.05. The van der Waals surface area contributed by atoms with Gasteiger partial charge in [0.2, 0.25) is 0 Å². The van der Waals surface area contributed by atoms with Crippen LogP contribution in [0.5, 0.6) is 0 Å². The molecule has 29 heavy (non-hydrogen) atoms. The van der Waals surface area contributed by atoms with E-state index in [1.165, 1.54) is 62.5 Å². The second kappa shape index (κ2) is 14.0. The zero-order valence-corrected chi connectivity index (χ0v) is 18.6. The number of unbranched alkanes of at least 4 members (excludes halogenated alkanes) is 1. The van der Waals surface area contributed by atoms with Gasteiger partial charge in [0, 0.05) is 0 Å². The predicted octanol–water partition coefficient (Wildman–Crippen LogP) is 9.07. The summed E-state index contributed by atoms with van der Waals surface area (Å²) in [6.07, 6.45) is 16.8. The first-order chi connectivity index (χ1) is 14.3. The molecule has 2 aromatic carbocycles. The third-order valence-corrected chi connectivity index (χ3v) is 6.24. The first kappa shape index (κ1) is 23.2. The van der Waals surface area contributed by atoms with Crippen LogP contribution in [0.2, 0.25) is 0 Å². The maximum absolute atomic E-state index is 4.11. The molecule has 156 valence electrons. The molecule has 0 amide bonds. The van der Waals surface area contributed by atoms with E-state index in [0.29, 0.717) is 17.8 Å². The van der Waals surface area contributed by atoms with Crippen molar-refractivity contribution < 1.29 is 0 Å². The summed E-state index contributed by atoms with van der Waals surface area (Å²) in [5.74, 6) is 1.96. The van der Waals surface area contributed by atoms with Crippen LogP contribution in [0.3, 0.4) is 0 Å². The van der Waals surface area contributed by atoms with E-state index in [1.54, 1.807) is 0 Å². The Kier molecular flexibility index (Phi) is 11.2. The topological polar surface area (TPSA) is 0 Å². The standard InChI is InChI=1S/C29H40/c1-4-25(24-27(6-3)29-22-16-11-17-23-29)18-12-8-7-9-13-19-26(5-2)28-20-14-10-15-21-28/h4,7,9-11,14-17,20-23,25-27H,1,5-6,8,12-13,18-19,24H2,2-3H3/b9-7+. The zero-order valence-electron chi connectivity index (χ0n) is 18.6. The van der Waals surface area contributed by atoms with Crippen LogP contribution in [0.4, 0.5) is 0 Å². The van der Waals surface area contributed by atoms with Gasteiger partial charge in [-0.2, -0.15) is 0 Å². The van der Waals surface area contributed by atoms with E-state index in [4.69, 9.17) is 0 Å². The van der Waals surface area contributed by atoms with E-state index in [9.17, 15) is 0 Å². The lowest BCUT2D eigenvalue weighted by molar-refractivity contribution is 0.460. The van der Waals surface area contributed by atoms with Crippen molar-refractivity contribution in [2.45, 2.75) is 77.0 Å². The number of benzene rings is 2. The summed E-state index contributed by atoms with van der Waals surface area (Å²) >= 11 is 0. The van der Waals surface area contributed by atoms with Crippen molar-refractivity contribution in [3.63, 3.8) is 0 Å². The minimum atomic E-state index is 0.621. The number of rotatable bonds is 14. The highest BCUT2D eigenvalue weighted by Gasteiger charge is 2.14. The van der Waals surface area contributed by atoms with Crippen LogP contribution < -0.4 is 0 Å². The van der Waals surface area contributed by atoms with Crippen LogP contribution in [0.25, 0.3) is 0 Å². The molecule has 0 nitrogen and oxygen atoms in total. The van der Waals surface area contributed by atoms with Gasteiger partial charge < -0.3 is 0 Å². The molecule has 2 rings (SSSR count). The highest BCUT2D eigenvalue weighted by atomic mass is 14.2. The molecule has 2 aromatic rings. The van der Waals surface area contributed by atoms with E-state index in [1.807, 2.05) is 0 Å². The summed E-state index contributed by atoms with van der Waals surface area (Å²) in [6.45, 7) is 8.72. The van der Waals surface area contributed by atoms with Gasteiger partial charge in [-0.05, 0) is 80.2 Å². The van der Waals surface area contributed by atoms with E-state index in [-0.39, 0.29) is 0 Å². The molecular formula is C29H40. The Morgan fingerprint density at radius 2 is 1.28 bits per heavy atom. The van der Waals surface area contributed by atoms with Crippen molar-refractivity contribution in [1.29, 1.82) is 0 Å². The molecule has 0 spiro atoms. The average Bonchev–Trinajstić information content (AvgIpc) is 2.79. The monoisotopic (exact) mass is 388 g/mol. The van der Waals surface area contributed by atoms with Crippen LogP contribution in [0.1, 0.15) is 88.2 Å². The molecule has 0 aliphatic carbocycles. The summed E-state index contributed by atoms with van der Waals surface area (Å²) in [5, 5.41) is 0.